The summed E-state index contributed by atoms with van der Waals surface area (Å²) in [5.41, 5.74) is 0. The third kappa shape index (κ3) is 2.90. The number of rotatable bonds is 3. The third-order valence-corrected chi connectivity index (χ3v) is 3.00. The number of thiocarbonyl (C=S) groups is 1. The Kier molecular flexibility index (Phi) is 4.05. The molecule has 0 atom stereocenters. The van der Waals surface area contributed by atoms with Crippen LogP contribution in [0.25, 0.3) is 0 Å². The SMILES string of the molecule is C/C=C/C=C1/SC(=S)N(CC(=O)O)C1=O. The Morgan fingerprint density at radius 1 is 1.67 bits per heavy atom. The Labute approximate surface area is 96.6 Å². The minimum Gasteiger partial charge on any atom is -0.480 e. The summed E-state index contributed by atoms with van der Waals surface area (Å²) in [6.07, 6.45) is 5.12. The molecular formula is C9H9NO3S2. The Morgan fingerprint density at radius 2 is 2.33 bits per heavy atom. The lowest BCUT2D eigenvalue weighted by molar-refractivity contribution is -0.140. The van der Waals surface area contributed by atoms with Crippen molar-refractivity contribution in [3.8, 4) is 0 Å². The molecular weight excluding hydrogens is 234 g/mol. The molecule has 0 aromatic rings. The molecule has 1 heterocycles. The molecule has 15 heavy (non-hydrogen) atoms. The molecule has 1 aliphatic rings. The van der Waals surface area contributed by atoms with Crippen molar-refractivity contribution in [3.63, 3.8) is 0 Å². The zero-order valence-electron chi connectivity index (χ0n) is 7.97. The van der Waals surface area contributed by atoms with Gasteiger partial charge in [0.25, 0.3) is 5.91 Å². The van der Waals surface area contributed by atoms with Crippen LogP contribution in [0, 0.1) is 0 Å². The Balaban J connectivity index is 2.83. The lowest BCUT2D eigenvalue weighted by Crippen LogP contribution is -2.33. The first kappa shape index (κ1) is 11.9. The molecule has 0 aromatic carbocycles. The number of hydrogen-bond donors (Lipinski definition) is 1. The van der Waals surface area contributed by atoms with Gasteiger partial charge in [-0.15, -0.1) is 0 Å². The summed E-state index contributed by atoms with van der Waals surface area (Å²) in [5.74, 6) is -1.41. The Morgan fingerprint density at radius 3 is 2.87 bits per heavy atom. The van der Waals surface area contributed by atoms with Crippen LogP contribution >= 0.6 is 24.0 Å². The van der Waals surface area contributed by atoms with Crippen LogP contribution in [0.15, 0.2) is 23.1 Å². The van der Waals surface area contributed by atoms with Crippen molar-refractivity contribution >= 4 is 40.2 Å². The van der Waals surface area contributed by atoms with Crippen LogP contribution in [0.5, 0.6) is 0 Å². The van der Waals surface area contributed by atoms with Gasteiger partial charge in [-0.05, 0) is 13.0 Å². The number of hydrogen-bond acceptors (Lipinski definition) is 4. The number of carbonyl (C=O) groups is 2. The van der Waals surface area contributed by atoms with Crippen molar-refractivity contribution in [2.45, 2.75) is 6.92 Å². The minimum atomic E-state index is -1.07. The Hall–Kier alpha value is -1.14. The van der Waals surface area contributed by atoms with Crippen LogP contribution in [0.2, 0.25) is 0 Å². The second-order valence-corrected chi connectivity index (χ2v) is 4.39. The third-order valence-electron chi connectivity index (χ3n) is 1.61. The summed E-state index contributed by atoms with van der Waals surface area (Å²) >= 11 is 6.02. The van der Waals surface area contributed by atoms with E-state index >= 15 is 0 Å². The molecule has 0 bridgehead atoms. The largest absolute Gasteiger partial charge is 0.480 e. The number of nitrogens with zero attached hydrogens (tertiary/aromatic N) is 1. The summed E-state index contributed by atoms with van der Waals surface area (Å²) in [6.45, 7) is 1.45. The van der Waals surface area contributed by atoms with Crippen molar-refractivity contribution in [2.24, 2.45) is 0 Å². The minimum absolute atomic E-state index is 0.290. The highest BCUT2D eigenvalue weighted by Gasteiger charge is 2.32. The number of carboxylic acid groups (broad SMARTS) is 1. The maximum absolute atomic E-state index is 11.6. The Bertz CT molecular complexity index is 374. The van der Waals surface area contributed by atoms with Crippen LogP contribution in [-0.4, -0.2) is 32.7 Å². The highest BCUT2D eigenvalue weighted by atomic mass is 32.2. The first-order valence-corrected chi connectivity index (χ1v) is 5.37. The molecule has 0 aromatic heterocycles. The number of carbonyl (C=O) groups excluding carboxylic acids is 1. The van der Waals surface area contributed by atoms with E-state index in [4.69, 9.17) is 17.3 Å². The molecule has 1 amide bonds. The van der Waals surface area contributed by atoms with Crippen molar-refractivity contribution in [1.82, 2.24) is 4.90 Å². The van der Waals surface area contributed by atoms with Gasteiger partial charge in [0.2, 0.25) is 0 Å². The van der Waals surface area contributed by atoms with Gasteiger partial charge in [-0.25, -0.2) is 0 Å². The number of amides is 1. The topological polar surface area (TPSA) is 57.6 Å². The standard InChI is InChI=1S/C9H9NO3S2/c1-2-3-4-6-8(13)10(5-7(11)12)9(14)15-6/h2-4H,5H2,1H3,(H,11,12)/b3-2+,6-4+. The zero-order valence-corrected chi connectivity index (χ0v) is 9.60. The predicted octanol–water partition coefficient (Wildman–Crippen LogP) is 1.39. The fourth-order valence-corrected chi connectivity index (χ4v) is 2.18. The van der Waals surface area contributed by atoms with Crippen molar-refractivity contribution in [1.29, 1.82) is 0 Å². The molecule has 4 nitrogen and oxygen atoms in total. The molecule has 0 spiro atoms. The molecule has 0 aliphatic carbocycles. The quantitative estimate of drug-likeness (QED) is 0.599. The van der Waals surface area contributed by atoms with E-state index in [1.54, 1.807) is 18.2 Å². The van der Waals surface area contributed by atoms with Crippen LogP contribution in [0.4, 0.5) is 0 Å². The van der Waals surface area contributed by atoms with Gasteiger partial charge in [0.15, 0.2) is 0 Å². The number of thioether (sulfide) groups is 1. The van der Waals surface area contributed by atoms with E-state index in [0.717, 1.165) is 16.7 Å². The highest BCUT2D eigenvalue weighted by Crippen LogP contribution is 2.30. The summed E-state index contributed by atoms with van der Waals surface area (Å²) < 4.78 is 0.290. The maximum atomic E-state index is 11.6. The van der Waals surface area contributed by atoms with E-state index < -0.39 is 5.97 Å². The van der Waals surface area contributed by atoms with Crippen LogP contribution in [0.1, 0.15) is 6.92 Å². The van der Waals surface area contributed by atoms with Crippen molar-refractivity contribution < 1.29 is 14.7 Å². The average Bonchev–Trinajstić information content (AvgIpc) is 2.42. The summed E-state index contributed by atoms with van der Waals surface area (Å²) in [4.78, 5) is 23.6. The summed E-state index contributed by atoms with van der Waals surface area (Å²) in [5, 5.41) is 8.58. The van der Waals surface area contributed by atoms with E-state index in [1.807, 2.05) is 6.92 Å². The fourth-order valence-electron chi connectivity index (χ4n) is 0.969. The summed E-state index contributed by atoms with van der Waals surface area (Å²) in [6, 6.07) is 0. The number of carboxylic acids is 1. The normalized spacial score (nSPS) is 19.5. The van der Waals surface area contributed by atoms with Gasteiger partial charge in [0, 0.05) is 0 Å². The van der Waals surface area contributed by atoms with Gasteiger partial charge in [-0.2, -0.15) is 0 Å². The van der Waals surface area contributed by atoms with Crippen LogP contribution in [0.3, 0.4) is 0 Å². The summed E-state index contributed by atoms with van der Waals surface area (Å²) in [7, 11) is 0. The van der Waals surface area contributed by atoms with Crippen molar-refractivity contribution in [3.05, 3.63) is 23.1 Å². The average molecular weight is 243 g/mol. The lowest BCUT2D eigenvalue weighted by atomic mass is 10.4. The van der Waals surface area contributed by atoms with Crippen LogP contribution in [-0.2, 0) is 9.59 Å². The molecule has 0 radical (unpaired) electrons. The molecule has 0 unspecified atom stereocenters. The van der Waals surface area contributed by atoms with E-state index in [0.29, 0.717) is 4.91 Å². The van der Waals surface area contributed by atoms with E-state index in [2.05, 4.69) is 0 Å². The molecule has 6 heteroatoms. The van der Waals surface area contributed by atoms with Gasteiger partial charge in [0.1, 0.15) is 10.9 Å². The molecule has 1 rings (SSSR count). The maximum Gasteiger partial charge on any atom is 0.323 e. The van der Waals surface area contributed by atoms with Crippen molar-refractivity contribution in [2.75, 3.05) is 6.54 Å². The molecule has 1 N–H and O–H groups in total. The van der Waals surface area contributed by atoms with E-state index in [9.17, 15) is 9.59 Å². The second-order valence-electron chi connectivity index (χ2n) is 2.71. The van der Waals surface area contributed by atoms with E-state index in [-0.39, 0.29) is 16.8 Å². The molecule has 1 aliphatic heterocycles. The molecule has 80 valence electrons. The van der Waals surface area contributed by atoms with E-state index in [1.165, 1.54) is 0 Å². The highest BCUT2D eigenvalue weighted by molar-refractivity contribution is 8.26. The first-order valence-electron chi connectivity index (χ1n) is 4.14. The van der Waals surface area contributed by atoms with Gasteiger partial charge < -0.3 is 5.11 Å². The number of aliphatic carboxylic acids is 1. The monoisotopic (exact) mass is 243 g/mol. The van der Waals surface area contributed by atoms with Gasteiger partial charge in [0.05, 0.1) is 4.91 Å². The molecule has 0 saturated carbocycles. The second kappa shape index (κ2) is 5.09. The van der Waals surface area contributed by atoms with Gasteiger partial charge >= 0.3 is 5.97 Å². The molecule has 1 saturated heterocycles. The van der Waals surface area contributed by atoms with Crippen LogP contribution < -0.4 is 0 Å². The fraction of sp³-hybridized carbons (Fsp3) is 0.222. The van der Waals surface area contributed by atoms with Gasteiger partial charge in [-0.3, -0.25) is 14.5 Å². The zero-order chi connectivity index (χ0) is 11.4. The number of allylic oxidation sites excluding steroid dienone is 3. The molecule has 1 fully saturated rings. The lowest BCUT2D eigenvalue weighted by Gasteiger charge is -2.09. The predicted molar refractivity (Wildman–Crippen MR) is 62.4 cm³/mol. The smallest absolute Gasteiger partial charge is 0.323 e. The van der Waals surface area contributed by atoms with Gasteiger partial charge in [-0.1, -0.05) is 36.1 Å². The first-order chi connectivity index (χ1) is 7.06.